The zero-order valence-corrected chi connectivity index (χ0v) is 19.9. The lowest BCUT2D eigenvalue weighted by atomic mass is 9.93. The minimum Gasteiger partial charge on any atom is -0.449 e. The predicted molar refractivity (Wildman–Crippen MR) is 141 cm³/mol. The van der Waals surface area contributed by atoms with Crippen LogP contribution in [0.2, 0.25) is 0 Å². The van der Waals surface area contributed by atoms with Gasteiger partial charge in [-0.15, -0.1) is 0 Å². The quantitative estimate of drug-likeness (QED) is 0.304. The predicted octanol–water partition coefficient (Wildman–Crippen LogP) is 5.68. The number of aliphatic hydroxyl groups excluding tert-OH is 2. The number of carbonyl (C=O) groups is 1. The third-order valence-corrected chi connectivity index (χ3v) is 6.78. The van der Waals surface area contributed by atoms with Crippen molar-refractivity contribution < 1.29 is 19.7 Å². The van der Waals surface area contributed by atoms with E-state index in [9.17, 15) is 15.0 Å². The van der Waals surface area contributed by atoms with E-state index in [1.54, 1.807) is 0 Å². The standard InChI is InChI=1S/C31H29NO4/c33-29(30(34)27-17-9-4-12-22(27)21-10-2-1-3-11-21)18-19-32-31(35)36-20-28-25-15-7-5-13-23(25)24-14-6-8-16-26(24)28/h1-17,28-30,33-34H,18-20H2,(H,32,35). The third kappa shape index (κ3) is 4.89. The molecule has 182 valence electrons. The van der Waals surface area contributed by atoms with Gasteiger partial charge in [0.2, 0.25) is 0 Å². The van der Waals surface area contributed by atoms with Gasteiger partial charge in [-0.05, 0) is 45.4 Å². The number of aliphatic hydroxyl groups is 2. The van der Waals surface area contributed by atoms with Crippen molar-refractivity contribution in [3.8, 4) is 22.3 Å². The molecule has 1 aliphatic carbocycles. The molecule has 2 unspecified atom stereocenters. The smallest absolute Gasteiger partial charge is 0.407 e. The molecule has 0 aromatic heterocycles. The first-order valence-corrected chi connectivity index (χ1v) is 12.2. The van der Waals surface area contributed by atoms with E-state index in [1.165, 1.54) is 11.1 Å². The lowest BCUT2D eigenvalue weighted by Crippen LogP contribution is -2.30. The van der Waals surface area contributed by atoms with Gasteiger partial charge in [0.05, 0.1) is 6.10 Å². The molecule has 4 aromatic carbocycles. The van der Waals surface area contributed by atoms with Gasteiger partial charge >= 0.3 is 6.09 Å². The Morgan fingerprint density at radius 3 is 1.97 bits per heavy atom. The monoisotopic (exact) mass is 479 g/mol. The second-order valence-corrected chi connectivity index (χ2v) is 9.01. The molecule has 5 nitrogen and oxygen atoms in total. The summed E-state index contributed by atoms with van der Waals surface area (Å²) < 4.78 is 5.55. The molecule has 5 heteroatoms. The molecular formula is C31H29NO4. The van der Waals surface area contributed by atoms with E-state index in [4.69, 9.17) is 4.74 Å². The molecule has 0 spiro atoms. The molecular weight excluding hydrogens is 450 g/mol. The van der Waals surface area contributed by atoms with E-state index < -0.39 is 18.3 Å². The van der Waals surface area contributed by atoms with Gasteiger partial charge < -0.3 is 20.3 Å². The number of rotatable bonds is 8. The van der Waals surface area contributed by atoms with Crippen LogP contribution in [0.5, 0.6) is 0 Å². The minimum atomic E-state index is -1.08. The van der Waals surface area contributed by atoms with Gasteiger partial charge in [0, 0.05) is 12.5 Å². The third-order valence-electron chi connectivity index (χ3n) is 6.78. The first kappa shape index (κ1) is 23.8. The average molecular weight is 480 g/mol. The Labute approximate surface area is 211 Å². The van der Waals surface area contributed by atoms with Crippen molar-refractivity contribution in [1.82, 2.24) is 5.32 Å². The van der Waals surface area contributed by atoms with Crippen molar-refractivity contribution in [2.75, 3.05) is 13.2 Å². The summed E-state index contributed by atoms with van der Waals surface area (Å²) in [5.41, 5.74) is 7.15. The fourth-order valence-corrected chi connectivity index (χ4v) is 4.97. The van der Waals surface area contributed by atoms with Gasteiger partial charge in [-0.2, -0.15) is 0 Å². The maximum absolute atomic E-state index is 12.4. The number of fused-ring (bicyclic) bond motifs is 3. The molecule has 0 fully saturated rings. The highest BCUT2D eigenvalue weighted by molar-refractivity contribution is 5.79. The summed E-state index contributed by atoms with van der Waals surface area (Å²) >= 11 is 0. The van der Waals surface area contributed by atoms with Gasteiger partial charge in [0.1, 0.15) is 12.7 Å². The minimum absolute atomic E-state index is 0.00921. The van der Waals surface area contributed by atoms with Crippen molar-refractivity contribution in [1.29, 1.82) is 0 Å². The van der Waals surface area contributed by atoms with E-state index in [-0.39, 0.29) is 25.5 Å². The topological polar surface area (TPSA) is 78.8 Å². The number of hydrogen-bond acceptors (Lipinski definition) is 4. The Balaban J connectivity index is 1.15. The van der Waals surface area contributed by atoms with E-state index in [0.717, 1.165) is 22.3 Å². The van der Waals surface area contributed by atoms with Crippen LogP contribution in [0, 0.1) is 0 Å². The van der Waals surface area contributed by atoms with Gasteiger partial charge in [0.25, 0.3) is 0 Å². The Bertz CT molecular complexity index is 1290. The number of benzene rings is 4. The number of carbonyl (C=O) groups excluding carboxylic acids is 1. The second kappa shape index (κ2) is 10.8. The first-order chi connectivity index (χ1) is 17.6. The molecule has 0 bridgehead atoms. The molecule has 2 atom stereocenters. The lowest BCUT2D eigenvalue weighted by molar-refractivity contribution is 0.0140. The van der Waals surface area contributed by atoms with E-state index >= 15 is 0 Å². The summed E-state index contributed by atoms with van der Waals surface area (Å²) in [6, 6.07) is 33.6. The summed E-state index contributed by atoms with van der Waals surface area (Å²) in [6.45, 7) is 0.415. The van der Waals surface area contributed by atoms with Crippen LogP contribution < -0.4 is 5.32 Å². The van der Waals surface area contributed by atoms with Crippen LogP contribution in [0.3, 0.4) is 0 Å². The molecule has 36 heavy (non-hydrogen) atoms. The Kier molecular flexibility index (Phi) is 7.12. The molecule has 1 aliphatic rings. The normalized spacial score (nSPS) is 13.9. The van der Waals surface area contributed by atoms with Crippen molar-refractivity contribution in [3.05, 3.63) is 120 Å². The largest absolute Gasteiger partial charge is 0.449 e. The average Bonchev–Trinajstić information content (AvgIpc) is 3.25. The Morgan fingerprint density at radius 1 is 0.750 bits per heavy atom. The molecule has 3 N–H and O–H groups in total. The van der Waals surface area contributed by atoms with Crippen molar-refractivity contribution in [2.45, 2.75) is 24.5 Å². The Hall–Kier alpha value is -3.93. The van der Waals surface area contributed by atoms with Gasteiger partial charge in [-0.1, -0.05) is 103 Å². The molecule has 0 aliphatic heterocycles. The van der Waals surface area contributed by atoms with E-state index in [2.05, 4.69) is 29.6 Å². The molecule has 5 rings (SSSR count). The number of amides is 1. The molecule has 0 radical (unpaired) electrons. The second-order valence-electron chi connectivity index (χ2n) is 9.01. The fraction of sp³-hybridized carbons (Fsp3) is 0.194. The van der Waals surface area contributed by atoms with Crippen LogP contribution >= 0.6 is 0 Å². The van der Waals surface area contributed by atoms with E-state index in [1.807, 2.05) is 78.9 Å². The fourth-order valence-electron chi connectivity index (χ4n) is 4.97. The molecule has 1 amide bonds. The van der Waals surface area contributed by atoms with Crippen LogP contribution in [0.4, 0.5) is 4.79 Å². The number of hydrogen-bond donors (Lipinski definition) is 3. The molecule has 0 heterocycles. The molecule has 0 saturated heterocycles. The summed E-state index contributed by atoms with van der Waals surface area (Å²) in [5.74, 6) is -0.00921. The van der Waals surface area contributed by atoms with Crippen LogP contribution in [-0.2, 0) is 4.74 Å². The zero-order valence-electron chi connectivity index (χ0n) is 19.9. The van der Waals surface area contributed by atoms with Crippen LogP contribution in [0.15, 0.2) is 103 Å². The number of ether oxygens (including phenoxy) is 1. The van der Waals surface area contributed by atoms with Crippen LogP contribution in [0.1, 0.15) is 35.1 Å². The van der Waals surface area contributed by atoms with Gasteiger partial charge in [-0.25, -0.2) is 4.79 Å². The van der Waals surface area contributed by atoms with Crippen molar-refractivity contribution in [2.24, 2.45) is 0 Å². The van der Waals surface area contributed by atoms with E-state index in [0.29, 0.717) is 5.56 Å². The van der Waals surface area contributed by atoms with Crippen LogP contribution in [0.25, 0.3) is 22.3 Å². The molecule has 0 saturated carbocycles. The first-order valence-electron chi connectivity index (χ1n) is 12.2. The summed E-state index contributed by atoms with van der Waals surface area (Å²) in [5, 5.41) is 24.2. The SMILES string of the molecule is O=C(NCCC(O)C(O)c1ccccc1-c1ccccc1)OCC1c2ccccc2-c2ccccc21. The van der Waals surface area contributed by atoms with Crippen molar-refractivity contribution in [3.63, 3.8) is 0 Å². The summed E-state index contributed by atoms with van der Waals surface area (Å²) in [4.78, 5) is 12.4. The highest BCUT2D eigenvalue weighted by Crippen LogP contribution is 2.44. The lowest BCUT2D eigenvalue weighted by Gasteiger charge is -2.21. The zero-order chi connectivity index (χ0) is 24.9. The summed E-state index contributed by atoms with van der Waals surface area (Å²) in [7, 11) is 0. The maximum Gasteiger partial charge on any atom is 0.407 e. The summed E-state index contributed by atoms with van der Waals surface area (Å²) in [6.07, 6.45) is -2.47. The van der Waals surface area contributed by atoms with Crippen LogP contribution in [-0.4, -0.2) is 35.6 Å². The maximum atomic E-state index is 12.4. The van der Waals surface area contributed by atoms with Gasteiger partial charge in [0.15, 0.2) is 0 Å². The van der Waals surface area contributed by atoms with Gasteiger partial charge in [-0.3, -0.25) is 0 Å². The number of alkyl carbamates (subject to hydrolysis) is 1. The molecule has 4 aromatic rings. The number of nitrogens with one attached hydrogen (secondary N) is 1. The Morgan fingerprint density at radius 2 is 1.31 bits per heavy atom. The van der Waals surface area contributed by atoms with Crippen molar-refractivity contribution >= 4 is 6.09 Å². The highest BCUT2D eigenvalue weighted by atomic mass is 16.5. The highest BCUT2D eigenvalue weighted by Gasteiger charge is 2.29.